The van der Waals surface area contributed by atoms with Crippen molar-refractivity contribution >= 4 is 17.5 Å². The Bertz CT molecular complexity index is 517. The van der Waals surface area contributed by atoms with Crippen LogP contribution in [0.15, 0.2) is 0 Å². The number of H-pyrrole nitrogens is 1. The number of rotatable bonds is 4. The molecule has 4 N–H and O–H groups in total. The van der Waals surface area contributed by atoms with Crippen LogP contribution in [0.25, 0.3) is 0 Å². The zero-order chi connectivity index (χ0) is 15.4. The molecule has 2 rings (SSSR count). The zero-order valence-corrected chi connectivity index (χ0v) is 12.6. The molecule has 1 aromatic rings. The molecular weight excluding hydrogens is 270 g/mol. The topological polar surface area (TPSA) is 104 Å². The molecule has 2 amide bonds. The summed E-state index contributed by atoms with van der Waals surface area (Å²) >= 11 is 0. The maximum Gasteiger partial charge on any atom is 0.276 e. The lowest BCUT2D eigenvalue weighted by molar-refractivity contribution is -0.119. The molecule has 7 heteroatoms. The fraction of sp³-hybridized carbons (Fsp3) is 0.643. The number of nitrogens with zero attached hydrogens (tertiary/aromatic N) is 2. The number of likely N-dealkylation sites (tertiary alicyclic amines) is 1. The normalized spacial score (nSPS) is 16.0. The maximum atomic E-state index is 12.4. The molecule has 116 valence electrons. The number of hydrogen-bond acceptors (Lipinski definition) is 4. The Kier molecular flexibility index (Phi) is 4.82. The van der Waals surface area contributed by atoms with Crippen molar-refractivity contribution in [1.82, 2.24) is 20.4 Å². The standard InChI is InChI=1S/C14H23N5O2/c1-3-4-11-12(15)13(18-17-11)14(21)19-7-5-10(6-8-19)16-9(2)20/h10H,3-8,15H2,1-2H3,(H,16,20)(H,17,18). The predicted octanol–water partition coefficient (Wildman–Crippen LogP) is 0.685. The van der Waals surface area contributed by atoms with Gasteiger partial charge in [0.05, 0.1) is 11.4 Å². The van der Waals surface area contributed by atoms with E-state index in [1.165, 1.54) is 6.92 Å². The second kappa shape index (κ2) is 6.60. The lowest BCUT2D eigenvalue weighted by atomic mass is 10.0. The summed E-state index contributed by atoms with van der Waals surface area (Å²) < 4.78 is 0. The molecule has 21 heavy (non-hydrogen) atoms. The minimum Gasteiger partial charge on any atom is -0.395 e. The molecule has 0 bridgehead atoms. The molecule has 0 saturated carbocycles. The number of aromatic nitrogens is 2. The van der Waals surface area contributed by atoms with Gasteiger partial charge in [0.2, 0.25) is 5.91 Å². The Balaban J connectivity index is 1.97. The fourth-order valence-electron chi connectivity index (χ4n) is 2.65. The number of piperidine rings is 1. The SMILES string of the molecule is CCCc1[nH]nc(C(=O)N2CCC(NC(C)=O)CC2)c1N. The number of anilines is 1. The molecule has 0 aromatic carbocycles. The summed E-state index contributed by atoms with van der Waals surface area (Å²) in [4.78, 5) is 25.2. The van der Waals surface area contributed by atoms with Gasteiger partial charge in [0, 0.05) is 26.1 Å². The number of aromatic amines is 1. The second-order valence-corrected chi connectivity index (χ2v) is 5.48. The summed E-state index contributed by atoms with van der Waals surface area (Å²) in [6, 6.07) is 0.152. The highest BCUT2D eigenvalue weighted by atomic mass is 16.2. The van der Waals surface area contributed by atoms with E-state index in [1.54, 1.807) is 4.90 Å². The molecule has 0 atom stereocenters. The zero-order valence-electron chi connectivity index (χ0n) is 12.6. The van der Waals surface area contributed by atoms with Gasteiger partial charge in [-0.1, -0.05) is 13.3 Å². The van der Waals surface area contributed by atoms with E-state index in [9.17, 15) is 9.59 Å². The van der Waals surface area contributed by atoms with Crippen LogP contribution in [-0.4, -0.2) is 46.0 Å². The molecule has 1 aliphatic heterocycles. The predicted molar refractivity (Wildman–Crippen MR) is 79.7 cm³/mol. The van der Waals surface area contributed by atoms with E-state index < -0.39 is 0 Å². The molecule has 1 aliphatic rings. The van der Waals surface area contributed by atoms with Gasteiger partial charge in [-0.3, -0.25) is 14.7 Å². The largest absolute Gasteiger partial charge is 0.395 e. The van der Waals surface area contributed by atoms with Crippen molar-refractivity contribution in [2.45, 2.75) is 45.6 Å². The van der Waals surface area contributed by atoms with Crippen LogP contribution in [0.5, 0.6) is 0 Å². The summed E-state index contributed by atoms with van der Waals surface area (Å²) in [5.41, 5.74) is 7.60. The van der Waals surface area contributed by atoms with Crippen molar-refractivity contribution in [2.24, 2.45) is 0 Å². The molecule has 1 fully saturated rings. The molecule has 0 aliphatic carbocycles. The first kappa shape index (κ1) is 15.3. The molecule has 7 nitrogen and oxygen atoms in total. The van der Waals surface area contributed by atoms with Crippen molar-refractivity contribution < 1.29 is 9.59 Å². The second-order valence-electron chi connectivity index (χ2n) is 5.48. The average molecular weight is 293 g/mol. The average Bonchev–Trinajstić information content (AvgIpc) is 2.80. The quantitative estimate of drug-likeness (QED) is 0.759. The summed E-state index contributed by atoms with van der Waals surface area (Å²) in [6.45, 7) is 4.78. The van der Waals surface area contributed by atoms with Crippen molar-refractivity contribution in [3.63, 3.8) is 0 Å². The molecule has 0 radical (unpaired) electrons. The lowest BCUT2D eigenvalue weighted by Crippen LogP contribution is -2.46. The van der Waals surface area contributed by atoms with Gasteiger partial charge < -0.3 is 16.0 Å². The van der Waals surface area contributed by atoms with Gasteiger partial charge in [0.25, 0.3) is 5.91 Å². The Morgan fingerprint density at radius 2 is 2.10 bits per heavy atom. The number of nitrogen functional groups attached to an aromatic ring is 1. The molecule has 0 unspecified atom stereocenters. The van der Waals surface area contributed by atoms with E-state index in [-0.39, 0.29) is 17.9 Å². The number of carbonyl (C=O) groups is 2. The first-order valence-electron chi connectivity index (χ1n) is 7.42. The fourth-order valence-corrected chi connectivity index (χ4v) is 2.65. The van der Waals surface area contributed by atoms with Crippen molar-refractivity contribution in [3.05, 3.63) is 11.4 Å². The number of nitrogens with one attached hydrogen (secondary N) is 2. The summed E-state index contributed by atoms with van der Waals surface area (Å²) in [7, 11) is 0. The molecule has 0 spiro atoms. The Morgan fingerprint density at radius 1 is 1.43 bits per heavy atom. The molecule has 1 aromatic heterocycles. The van der Waals surface area contributed by atoms with Crippen LogP contribution < -0.4 is 11.1 Å². The number of carbonyl (C=O) groups excluding carboxylic acids is 2. The Morgan fingerprint density at radius 3 is 2.67 bits per heavy atom. The highest BCUT2D eigenvalue weighted by Crippen LogP contribution is 2.20. The third-order valence-corrected chi connectivity index (χ3v) is 3.78. The van der Waals surface area contributed by atoms with Crippen LogP contribution >= 0.6 is 0 Å². The van der Waals surface area contributed by atoms with E-state index in [2.05, 4.69) is 22.4 Å². The number of hydrogen-bond donors (Lipinski definition) is 3. The van der Waals surface area contributed by atoms with E-state index >= 15 is 0 Å². The number of nitrogens with two attached hydrogens (primary N) is 1. The first-order chi connectivity index (χ1) is 10.0. The van der Waals surface area contributed by atoms with E-state index in [4.69, 9.17) is 5.73 Å². The third-order valence-electron chi connectivity index (χ3n) is 3.78. The first-order valence-corrected chi connectivity index (χ1v) is 7.42. The van der Waals surface area contributed by atoms with E-state index in [0.29, 0.717) is 24.5 Å². The highest BCUT2D eigenvalue weighted by Gasteiger charge is 2.27. The minimum atomic E-state index is -0.132. The maximum absolute atomic E-state index is 12.4. The Labute approximate surface area is 124 Å². The van der Waals surface area contributed by atoms with Gasteiger partial charge in [-0.25, -0.2) is 0 Å². The van der Waals surface area contributed by atoms with Crippen LogP contribution in [-0.2, 0) is 11.2 Å². The van der Waals surface area contributed by atoms with Gasteiger partial charge in [-0.15, -0.1) is 0 Å². The van der Waals surface area contributed by atoms with Crippen molar-refractivity contribution in [2.75, 3.05) is 18.8 Å². The molecular formula is C14H23N5O2. The lowest BCUT2D eigenvalue weighted by Gasteiger charge is -2.31. The Hall–Kier alpha value is -2.05. The van der Waals surface area contributed by atoms with E-state index in [0.717, 1.165) is 31.4 Å². The van der Waals surface area contributed by atoms with Gasteiger partial charge in [-0.05, 0) is 19.3 Å². The summed E-state index contributed by atoms with van der Waals surface area (Å²) in [5.74, 6) is -0.159. The highest BCUT2D eigenvalue weighted by molar-refractivity contribution is 5.97. The van der Waals surface area contributed by atoms with Crippen LogP contribution in [0.4, 0.5) is 5.69 Å². The smallest absolute Gasteiger partial charge is 0.276 e. The van der Waals surface area contributed by atoms with Crippen LogP contribution in [0.2, 0.25) is 0 Å². The monoisotopic (exact) mass is 293 g/mol. The third kappa shape index (κ3) is 3.53. The van der Waals surface area contributed by atoms with Crippen LogP contribution in [0.3, 0.4) is 0 Å². The van der Waals surface area contributed by atoms with Gasteiger partial charge in [-0.2, -0.15) is 5.10 Å². The van der Waals surface area contributed by atoms with Crippen molar-refractivity contribution in [1.29, 1.82) is 0 Å². The van der Waals surface area contributed by atoms with Gasteiger partial charge in [0.1, 0.15) is 0 Å². The van der Waals surface area contributed by atoms with Crippen molar-refractivity contribution in [3.8, 4) is 0 Å². The molecule has 1 saturated heterocycles. The van der Waals surface area contributed by atoms with Crippen LogP contribution in [0, 0.1) is 0 Å². The van der Waals surface area contributed by atoms with Gasteiger partial charge >= 0.3 is 0 Å². The van der Waals surface area contributed by atoms with Gasteiger partial charge in [0.15, 0.2) is 5.69 Å². The van der Waals surface area contributed by atoms with E-state index in [1.807, 2.05) is 0 Å². The number of amides is 2. The minimum absolute atomic E-state index is 0.0273. The summed E-state index contributed by atoms with van der Waals surface area (Å²) in [6.07, 6.45) is 3.26. The summed E-state index contributed by atoms with van der Waals surface area (Å²) in [5, 5.41) is 9.81. The number of aryl methyl sites for hydroxylation is 1. The van der Waals surface area contributed by atoms with Crippen LogP contribution in [0.1, 0.15) is 49.3 Å². The molecule has 2 heterocycles.